The third kappa shape index (κ3) is 3.94. The van der Waals surface area contributed by atoms with E-state index in [1.54, 1.807) is 32.4 Å². The van der Waals surface area contributed by atoms with Gasteiger partial charge < -0.3 is 19.5 Å². The molecule has 1 aliphatic rings. The summed E-state index contributed by atoms with van der Waals surface area (Å²) in [5, 5.41) is 5.61. The van der Waals surface area contributed by atoms with Crippen molar-refractivity contribution < 1.29 is 19.0 Å². The fourth-order valence-electron chi connectivity index (χ4n) is 2.50. The fourth-order valence-corrected chi connectivity index (χ4v) is 2.71. The maximum Gasteiger partial charge on any atom is 0.273 e. The maximum absolute atomic E-state index is 11.8. The van der Waals surface area contributed by atoms with Crippen molar-refractivity contribution in [1.29, 1.82) is 0 Å². The van der Waals surface area contributed by atoms with Gasteiger partial charge in [0.15, 0.2) is 16.6 Å². The third-order valence-corrected chi connectivity index (χ3v) is 3.94. The van der Waals surface area contributed by atoms with E-state index in [0.717, 1.165) is 5.56 Å². The van der Waals surface area contributed by atoms with Crippen LogP contribution in [-0.4, -0.2) is 25.2 Å². The molecule has 0 aliphatic carbocycles. The lowest BCUT2D eigenvalue weighted by Crippen LogP contribution is -2.21. The molecule has 1 heterocycles. The van der Waals surface area contributed by atoms with Gasteiger partial charge in [-0.3, -0.25) is 10.1 Å². The minimum Gasteiger partial charge on any atom is -0.493 e. The Bertz CT molecular complexity index is 840. The number of hydrogen-bond donors (Lipinski definition) is 2. The van der Waals surface area contributed by atoms with Crippen LogP contribution in [0.25, 0.3) is 6.08 Å². The van der Waals surface area contributed by atoms with Crippen LogP contribution in [0.4, 0.5) is 0 Å². The first-order chi connectivity index (χ1) is 12.6. The Morgan fingerprint density at radius 1 is 1.04 bits per heavy atom. The first-order valence-corrected chi connectivity index (χ1v) is 8.28. The number of carbonyl (C=O) groups is 1. The second-order valence-electron chi connectivity index (χ2n) is 5.50. The number of benzene rings is 2. The van der Waals surface area contributed by atoms with Crippen molar-refractivity contribution in [1.82, 2.24) is 10.6 Å². The van der Waals surface area contributed by atoms with Gasteiger partial charge in [-0.25, -0.2) is 0 Å². The molecule has 1 aliphatic heterocycles. The van der Waals surface area contributed by atoms with Crippen LogP contribution in [0.1, 0.15) is 11.1 Å². The molecular formula is C19H18N2O4S. The monoisotopic (exact) mass is 370 g/mol. The topological polar surface area (TPSA) is 68.8 Å². The predicted octanol–water partition coefficient (Wildman–Crippen LogP) is 2.63. The summed E-state index contributed by atoms with van der Waals surface area (Å²) >= 11 is 4.94. The lowest BCUT2D eigenvalue weighted by molar-refractivity contribution is -0.115. The lowest BCUT2D eigenvalue weighted by Gasteiger charge is -2.15. The molecule has 2 N–H and O–H groups in total. The molecule has 0 bridgehead atoms. The molecule has 1 saturated heterocycles. The highest BCUT2D eigenvalue weighted by Gasteiger charge is 2.21. The summed E-state index contributed by atoms with van der Waals surface area (Å²) < 4.78 is 16.8. The third-order valence-electron chi connectivity index (χ3n) is 3.74. The van der Waals surface area contributed by atoms with E-state index in [0.29, 0.717) is 35.1 Å². The highest BCUT2D eigenvalue weighted by Crippen LogP contribution is 2.39. The van der Waals surface area contributed by atoms with Gasteiger partial charge in [0, 0.05) is 0 Å². The maximum atomic E-state index is 11.8. The van der Waals surface area contributed by atoms with Crippen molar-refractivity contribution in [3.8, 4) is 17.2 Å². The van der Waals surface area contributed by atoms with Crippen LogP contribution in [-0.2, 0) is 11.4 Å². The summed E-state index contributed by atoms with van der Waals surface area (Å²) in [5.74, 6) is 1.24. The van der Waals surface area contributed by atoms with Crippen LogP contribution in [0, 0.1) is 0 Å². The summed E-state index contributed by atoms with van der Waals surface area (Å²) in [6.07, 6.45) is 1.67. The fraction of sp³-hybridized carbons (Fsp3) is 0.158. The molecule has 0 spiro atoms. The summed E-state index contributed by atoms with van der Waals surface area (Å²) in [6, 6.07) is 13.3. The SMILES string of the molecule is COc1cc(/C=C2\NC(=S)NC2=O)cc(OC)c1OCc1ccccc1. The zero-order chi connectivity index (χ0) is 18.5. The standard InChI is InChI=1S/C19H18N2O4S/c1-23-15-9-13(8-14-18(22)21-19(26)20-14)10-16(24-2)17(15)25-11-12-6-4-3-5-7-12/h3-10H,11H2,1-2H3,(H2,20,21,22,26)/b14-8-. The van der Waals surface area contributed by atoms with Gasteiger partial charge in [-0.05, 0) is 41.6 Å². The van der Waals surface area contributed by atoms with Crippen molar-refractivity contribution in [3.05, 3.63) is 59.3 Å². The lowest BCUT2D eigenvalue weighted by atomic mass is 10.1. The second-order valence-corrected chi connectivity index (χ2v) is 5.90. The second kappa shape index (κ2) is 7.88. The molecule has 6 nitrogen and oxygen atoms in total. The molecule has 26 heavy (non-hydrogen) atoms. The van der Waals surface area contributed by atoms with Crippen LogP contribution >= 0.6 is 12.2 Å². The molecule has 3 rings (SSSR count). The summed E-state index contributed by atoms with van der Waals surface area (Å²) in [5.41, 5.74) is 2.10. The van der Waals surface area contributed by atoms with Gasteiger partial charge in [-0.2, -0.15) is 0 Å². The van der Waals surface area contributed by atoms with Crippen molar-refractivity contribution in [3.63, 3.8) is 0 Å². The van der Waals surface area contributed by atoms with Crippen molar-refractivity contribution in [2.24, 2.45) is 0 Å². The molecule has 0 aromatic heterocycles. The number of amides is 1. The highest BCUT2D eigenvalue weighted by atomic mass is 32.1. The number of thiocarbonyl (C=S) groups is 1. The first-order valence-electron chi connectivity index (χ1n) is 7.87. The van der Waals surface area contributed by atoms with Gasteiger partial charge in [0.05, 0.1) is 14.2 Å². The summed E-state index contributed by atoms with van der Waals surface area (Å²) in [7, 11) is 3.10. The molecule has 1 amide bonds. The van der Waals surface area contributed by atoms with Gasteiger partial charge in [0.1, 0.15) is 12.3 Å². The van der Waals surface area contributed by atoms with E-state index < -0.39 is 0 Å². The van der Waals surface area contributed by atoms with E-state index in [1.165, 1.54) is 0 Å². The minimum absolute atomic E-state index is 0.280. The van der Waals surface area contributed by atoms with E-state index >= 15 is 0 Å². The number of methoxy groups -OCH3 is 2. The van der Waals surface area contributed by atoms with Crippen molar-refractivity contribution >= 4 is 29.3 Å². The molecule has 0 atom stereocenters. The number of nitrogens with one attached hydrogen (secondary N) is 2. The van der Waals surface area contributed by atoms with Crippen LogP contribution < -0.4 is 24.8 Å². The summed E-state index contributed by atoms with van der Waals surface area (Å²) in [4.78, 5) is 11.8. The normalized spacial score (nSPS) is 14.8. The number of ether oxygens (including phenoxy) is 3. The Balaban J connectivity index is 1.89. The average Bonchev–Trinajstić information content (AvgIpc) is 2.97. The molecule has 134 valence electrons. The van der Waals surface area contributed by atoms with Gasteiger partial charge in [-0.1, -0.05) is 30.3 Å². The Labute approximate surface area is 156 Å². The number of rotatable bonds is 6. The Morgan fingerprint density at radius 2 is 1.69 bits per heavy atom. The Hall–Kier alpha value is -3.06. The van der Waals surface area contributed by atoms with Crippen LogP contribution in [0.2, 0.25) is 0 Å². The van der Waals surface area contributed by atoms with Crippen LogP contribution in [0.3, 0.4) is 0 Å². The first kappa shape index (κ1) is 17.8. The average molecular weight is 370 g/mol. The van der Waals surface area contributed by atoms with E-state index in [1.807, 2.05) is 30.3 Å². The zero-order valence-corrected chi connectivity index (χ0v) is 15.2. The van der Waals surface area contributed by atoms with Gasteiger partial charge in [0.25, 0.3) is 5.91 Å². The van der Waals surface area contributed by atoms with Crippen molar-refractivity contribution in [2.75, 3.05) is 14.2 Å². The van der Waals surface area contributed by atoms with Gasteiger partial charge >= 0.3 is 0 Å². The van der Waals surface area contributed by atoms with Crippen molar-refractivity contribution in [2.45, 2.75) is 6.61 Å². The Morgan fingerprint density at radius 3 is 2.23 bits per heavy atom. The number of hydrogen-bond acceptors (Lipinski definition) is 5. The van der Waals surface area contributed by atoms with E-state index in [-0.39, 0.29) is 11.0 Å². The molecule has 0 unspecified atom stereocenters. The smallest absolute Gasteiger partial charge is 0.273 e. The van der Waals surface area contributed by atoms with E-state index in [4.69, 9.17) is 26.4 Å². The van der Waals surface area contributed by atoms with Crippen LogP contribution in [0.5, 0.6) is 17.2 Å². The molecular weight excluding hydrogens is 352 g/mol. The van der Waals surface area contributed by atoms with E-state index in [9.17, 15) is 4.79 Å². The molecule has 2 aromatic rings. The Kier molecular flexibility index (Phi) is 5.38. The van der Waals surface area contributed by atoms with E-state index in [2.05, 4.69) is 10.6 Å². The predicted molar refractivity (Wildman–Crippen MR) is 102 cm³/mol. The molecule has 0 saturated carbocycles. The molecule has 0 radical (unpaired) electrons. The minimum atomic E-state index is -0.280. The quantitative estimate of drug-likeness (QED) is 0.602. The van der Waals surface area contributed by atoms with Gasteiger partial charge in [-0.15, -0.1) is 0 Å². The zero-order valence-electron chi connectivity index (χ0n) is 14.4. The molecule has 1 fully saturated rings. The largest absolute Gasteiger partial charge is 0.493 e. The van der Waals surface area contributed by atoms with Crippen LogP contribution in [0.15, 0.2) is 48.2 Å². The molecule has 2 aromatic carbocycles. The highest BCUT2D eigenvalue weighted by molar-refractivity contribution is 7.80. The summed E-state index contributed by atoms with van der Waals surface area (Å²) in [6.45, 7) is 0.381. The van der Waals surface area contributed by atoms with Gasteiger partial charge in [0.2, 0.25) is 5.75 Å². The number of carbonyl (C=O) groups excluding carboxylic acids is 1. The molecule has 7 heteroatoms.